The van der Waals surface area contributed by atoms with Gasteiger partial charge in [-0.25, -0.2) is 18.1 Å². The van der Waals surface area contributed by atoms with Crippen molar-refractivity contribution in [1.29, 1.82) is 0 Å². The quantitative estimate of drug-likeness (QED) is 0.806. The van der Waals surface area contributed by atoms with Gasteiger partial charge < -0.3 is 5.32 Å². The molecule has 0 aliphatic heterocycles. The summed E-state index contributed by atoms with van der Waals surface area (Å²) in [4.78, 5) is 16.2. The van der Waals surface area contributed by atoms with Crippen molar-refractivity contribution in [3.63, 3.8) is 0 Å². The van der Waals surface area contributed by atoms with Crippen molar-refractivity contribution in [1.82, 2.24) is 9.71 Å². The molecule has 0 unspecified atom stereocenters. The smallest absolute Gasteiger partial charge is 0.275 e. The fourth-order valence-electron chi connectivity index (χ4n) is 1.85. The molecule has 0 bridgehead atoms. The number of carbonyl (C=O) groups excluding carboxylic acids is 1. The molecule has 0 saturated carbocycles. The molecule has 0 spiro atoms. The van der Waals surface area contributed by atoms with Gasteiger partial charge in [0.25, 0.3) is 5.91 Å². The highest BCUT2D eigenvalue weighted by Gasteiger charge is 2.17. The van der Waals surface area contributed by atoms with Gasteiger partial charge in [-0.1, -0.05) is 29.3 Å². The molecule has 9 heteroatoms. The molecule has 2 rings (SSSR count). The van der Waals surface area contributed by atoms with Gasteiger partial charge in [0.2, 0.25) is 10.0 Å². The van der Waals surface area contributed by atoms with E-state index in [0.29, 0.717) is 11.3 Å². The normalized spacial score (nSPS) is 11.3. The summed E-state index contributed by atoms with van der Waals surface area (Å²) < 4.78 is 26.1. The van der Waals surface area contributed by atoms with Crippen LogP contribution in [0.2, 0.25) is 10.2 Å². The molecule has 2 N–H and O–H groups in total. The Hall–Kier alpha value is -1.67. The summed E-state index contributed by atoms with van der Waals surface area (Å²) >= 11 is 11.7. The van der Waals surface area contributed by atoms with E-state index in [1.54, 1.807) is 19.1 Å². The molecule has 122 valence electrons. The first-order chi connectivity index (χ1) is 10.7. The number of sulfonamides is 1. The van der Waals surface area contributed by atoms with Crippen LogP contribution < -0.4 is 10.0 Å². The number of nitrogens with zero attached hydrogens (tertiary/aromatic N) is 1. The second kappa shape index (κ2) is 6.84. The first-order valence-electron chi connectivity index (χ1n) is 6.42. The lowest BCUT2D eigenvalue weighted by atomic mass is 10.2. The van der Waals surface area contributed by atoms with Gasteiger partial charge in [0, 0.05) is 5.69 Å². The number of hydrogen-bond donors (Lipinski definition) is 2. The zero-order valence-corrected chi connectivity index (χ0v) is 14.6. The van der Waals surface area contributed by atoms with Crippen molar-refractivity contribution in [2.75, 3.05) is 12.4 Å². The minimum absolute atomic E-state index is 0.0437. The van der Waals surface area contributed by atoms with E-state index in [0.717, 1.165) is 0 Å². The third-order valence-electron chi connectivity index (χ3n) is 3.03. The van der Waals surface area contributed by atoms with Gasteiger partial charge in [-0.05, 0) is 43.8 Å². The number of anilines is 1. The lowest BCUT2D eigenvalue weighted by Gasteiger charge is -2.10. The molecule has 1 heterocycles. The maximum atomic E-state index is 12.2. The third kappa shape index (κ3) is 4.00. The molecule has 0 aliphatic rings. The van der Waals surface area contributed by atoms with E-state index >= 15 is 0 Å². The van der Waals surface area contributed by atoms with Crippen LogP contribution in [0.15, 0.2) is 35.2 Å². The van der Waals surface area contributed by atoms with Crippen LogP contribution in [0.4, 0.5) is 5.69 Å². The van der Waals surface area contributed by atoms with Gasteiger partial charge >= 0.3 is 0 Å². The fourth-order valence-corrected chi connectivity index (χ4v) is 3.18. The summed E-state index contributed by atoms with van der Waals surface area (Å²) in [5.41, 5.74) is 0.807. The van der Waals surface area contributed by atoms with Gasteiger partial charge in [0.15, 0.2) is 0 Å². The number of aryl methyl sites for hydroxylation is 1. The van der Waals surface area contributed by atoms with E-state index in [-0.39, 0.29) is 20.8 Å². The number of pyridine rings is 1. The lowest BCUT2D eigenvalue weighted by Crippen LogP contribution is -2.20. The number of carbonyl (C=O) groups is 1. The van der Waals surface area contributed by atoms with Crippen molar-refractivity contribution < 1.29 is 13.2 Å². The van der Waals surface area contributed by atoms with Crippen molar-refractivity contribution >= 4 is 44.8 Å². The number of benzene rings is 1. The van der Waals surface area contributed by atoms with Crippen LogP contribution in [0.3, 0.4) is 0 Å². The third-order valence-corrected chi connectivity index (χ3v) is 5.10. The molecular weight excluding hydrogens is 361 g/mol. The standard InChI is InChI=1S/C14H13Cl2N3O3S/c1-8-3-4-9(7-11(8)23(21,22)17-2)18-14(20)13-10(15)5-6-12(16)19-13/h3-7,17H,1-2H3,(H,18,20). The van der Waals surface area contributed by atoms with Crippen molar-refractivity contribution in [2.45, 2.75) is 11.8 Å². The Labute approximate surface area is 143 Å². The first-order valence-corrected chi connectivity index (χ1v) is 8.66. The molecule has 0 fully saturated rings. The minimum atomic E-state index is -3.63. The van der Waals surface area contributed by atoms with E-state index in [1.165, 1.54) is 25.2 Å². The van der Waals surface area contributed by atoms with E-state index < -0.39 is 15.9 Å². The van der Waals surface area contributed by atoms with Gasteiger partial charge in [0.05, 0.1) is 9.92 Å². The summed E-state index contributed by atoms with van der Waals surface area (Å²) in [6.07, 6.45) is 0. The van der Waals surface area contributed by atoms with Gasteiger partial charge in [-0.2, -0.15) is 0 Å². The van der Waals surface area contributed by atoms with Crippen LogP contribution in [0.5, 0.6) is 0 Å². The highest BCUT2D eigenvalue weighted by atomic mass is 35.5. The molecule has 0 atom stereocenters. The van der Waals surface area contributed by atoms with Crippen molar-refractivity contribution in [3.8, 4) is 0 Å². The summed E-state index contributed by atoms with van der Waals surface area (Å²) in [5.74, 6) is -0.589. The number of hydrogen-bond acceptors (Lipinski definition) is 4. The Bertz CT molecular complexity index is 870. The topological polar surface area (TPSA) is 88.2 Å². The number of rotatable bonds is 4. The molecule has 6 nitrogen and oxygen atoms in total. The predicted octanol–water partition coefficient (Wildman–Crippen LogP) is 2.86. The van der Waals surface area contributed by atoms with Gasteiger partial charge in [-0.15, -0.1) is 0 Å². The SMILES string of the molecule is CNS(=O)(=O)c1cc(NC(=O)c2nc(Cl)ccc2Cl)ccc1C. The summed E-state index contributed by atoms with van der Waals surface area (Å²) in [6.45, 7) is 1.66. The van der Waals surface area contributed by atoms with Crippen LogP contribution in [0.25, 0.3) is 0 Å². The molecule has 1 aromatic carbocycles. The number of amides is 1. The van der Waals surface area contributed by atoms with E-state index in [1.807, 2.05) is 0 Å². The number of halogens is 2. The Morgan fingerprint density at radius 3 is 2.52 bits per heavy atom. The number of aromatic nitrogens is 1. The monoisotopic (exact) mass is 373 g/mol. The molecule has 0 aliphatic carbocycles. The van der Waals surface area contributed by atoms with Crippen molar-refractivity contribution in [3.05, 3.63) is 51.8 Å². The predicted molar refractivity (Wildman–Crippen MR) is 89.6 cm³/mol. The second-order valence-corrected chi connectivity index (χ2v) is 7.26. The van der Waals surface area contributed by atoms with Crippen LogP contribution in [-0.4, -0.2) is 26.4 Å². The molecule has 0 saturated heterocycles. The van der Waals surface area contributed by atoms with E-state index in [4.69, 9.17) is 23.2 Å². The van der Waals surface area contributed by atoms with E-state index in [2.05, 4.69) is 15.0 Å². The summed E-state index contributed by atoms with van der Waals surface area (Å²) in [5, 5.41) is 2.82. The molecule has 1 amide bonds. The Morgan fingerprint density at radius 2 is 1.87 bits per heavy atom. The average molecular weight is 374 g/mol. The van der Waals surface area contributed by atoms with Gasteiger partial charge in [0.1, 0.15) is 10.8 Å². The highest BCUT2D eigenvalue weighted by molar-refractivity contribution is 7.89. The fraction of sp³-hybridized carbons (Fsp3) is 0.143. The molecule has 23 heavy (non-hydrogen) atoms. The maximum Gasteiger partial charge on any atom is 0.275 e. The molecule has 1 aromatic heterocycles. The Kier molecular flexibility index (Phi) is 5.26. The van der Waals surface area contributed by atoms with Crippen molar-refractivity contribution in [2.24, 2.45) is 0 Å². The van der Waals surface area contributed by atoms with E-state index in [9.17, 15) is 13.2 Å². The van der Waals surface area contributed by atoms with Crippen LogP contribution in [-0.2, 0) is 10.0 Å². The summed E-state index contributed by atoms with van der Waals surface area (Å²) in [7, 11) is -2.32. The maximum absolute atomic E-state index is 12.2. The number of nitrogens with one attached hydrogen (secondary N) is 2. The molecule has 0 radical (unpaired) electrons. The highest BCUT2D eigenvalue weighted by Crippen LogP contribution is 2.22. The summed E-state index contributed by atoms with van der Waals surface area (Å²) in [6, 6.07) is 7.45. The first kappa shape index (κ1) is 17.7. The zero-order valence-electron chi connectivity index (χ0n) is 12.2. The molecular formula is C14H13Cl2N3O3S. The Morgan fingerprint density at radius 1 is 1.17 bits per heavy atom. The van der Waals surface area contributed by atoms with Gasteiger partial charge in [-0.3, -0.25) is 4.79 Å². The Balaban J connectivity index is 2.36. The minimum Gasteiger partial charge on any atom is -0.321 e. The average Bonchev–Trinajstić information content (AvgIpc) is 2.51. The largest absolute Gasteiger partial charge is 0.321 e. The van der Waals surface area contributed by atoms with Crippen LogP contribution >= 0.6 is 23.2 Å². The zero-order chi connectivity index (χ0) is 17.2. The van der Waals surface area contributed by atoms with Crippen LogP contribution in [0, 0.1) is 6.92 Å². The van der Waals surface area contributed by atoms with Crippen LogP contribution in [0.1, 0.15) is 16.1 Å². The second-order valence-electron chi connectivity index (χ2n) is 4.61. The lowest BCUT2D eigenvalue weighted by molar-refractivity contribution is 0.102. The molecule has 2 aromatic rings.